The van der Waals surface area contributed by atoms with Crippen molar-refractivity contribution in [3.63, 3.8) is 0 Å². The molecular weight excluding hydrogens is 188 g/mol. The van der Waals surface area contributed by atoms with Gasteiger partial charge in [-0.15, -0.1) is 0 Å². The van der Waals surface area contributed by atoms with Crippen molar-refractivity contribution >= 4 is 0 Å². The van der Waals surface area contributed by atoms with E-state index in [1.54, 1.807) is 0 Å². The third-order valence-electron chi connectivity index (χ3n) is 3.67. The molecule has 1 heterocycles. The van der Waals surface area contributed by atoms with Gasteiger partial charge in [-0.1, -0.05) is 6.92 Å². The highest BCUT2D eigenvalue weighted by Gasteiger charge is 2.28. The summed E-state index contributed by atoms with van der Waals surface area (Å²) in [7, 11) is 0. The average Bonchev–Trinajstić information content (AvgIpc) is 3.10. The van der Waals surface area contributed by atoms with Crippen molar-refractivity contribution < 1.29 is 4.74 Å². The number of likely N-dealkylation sites (N-methyl/N-ethyl adjacent to an activating group) is 1. The third kappa shape index (κ3) is 3.44. The van der Waals surface area contributed by atoms with Crippen LogP contribution in [0, 0.1) is 5.92 Å². The fourth-order valence-electron chi connectivity index (χ4n) is 2.27. The molecule has 2 atom stereocenters. The zero-order valence-electron chi connectivity index (χ0n) is 10.0. The Morgan fingerprint density at radius 2 is 2.27 bits per heavy atom. The van der Waals surface area contributed by atoms with Gasteiger partial charge in [0.25, 0.3) is 0 Å². The highest BCUT2D eigenvalue weighted by atomic mass is 16.5. The first-order valence-electron chi connectivity index (χ1n) is 6.37. The fourth-order valence-corrected chi connectivity index (χ4v) is 2.27. The molecule has 1 aliphatic carbocycles. The van der Waals surface area contributed by atoms with Crippen LogP contribution in [0.15, 0.2) is 0 Å². The summed E-state index contributed by atoms with van der Waals surface area (Å²) in [5.74, 6) is 0.941. The molecule has 0 bridgehead atoms. The molecule has 0 aromatic rings. The minimum Gasteiger partial charge on any atom is -0.374 e. The number of morpholine rings is 1. The number of ether oxygens (including phenoxy) is 1. The van der Waals surface area contributed by atoms with Crippen molar-refractivity contribution in [2.24, 2.45) is 5.92 Å². The lowest BCUT2D eigenvalue weighted by atomic mass is 10.2. The smallest absolute Gasteiger partial charge is 0.0826 e. The summed E-state index contributed by atoms with van der Waals surface area (Å²) < 4.78 is 5.76. The molecule has 15 heavy (non-hydrogen) atoms. The van der Waals surface area contributed by atoms with E-state index < -0.39 is 0 Å². The second-order valence-corrected chi connectivity index (χ2v) is 4.92. The standard InChI is InChI=1S/C12H24N2O/c1-3-14-6-7-15-12(9-14)8-13-10(2)11-4-5-11/h10-13H,3-9H2,1-2H3. The zero-order valence-corrected chi connectivity index (χ0v) is 10.0. The van der Waals surface area contributed by atoms with Crippen molar-refractivity contribution in [2.45, 2.75) is 38.8 Å². The van der Waals surface area contributed by atoms with Gasteiger partial charge in [0, 0.05) is 25.7 Å². The molecule has 0 aromatic heterocycles. The van der Waals surface area contributed by atoms with Crippen LogP contribution in [0.1, 0.15) is 26.7 Å². The molecule has 2 rings (SSSR count). The van der Waals surface area contributed by atoms with E-state index in [2.05, 4.69) is 24.1 Å². The lowest BCUT2D eigenvalue weighted by Gasteiger charge is -2.32. The second-order valence-electron chi connectivity index (χ2n) is 4.92. The van der Waals surface area contributed by atoms with E-state index in [9.17, 15) is 0 Å². The van der Waals surface area contributed by atoms with Crippen LogP contribution in [-0.2, 0) is 4.74 Å². The molecule has 0 amide bonds. The molecule has 2 unspecified atom stereocenters. The van der Waals surface area contributed by atoms with Gasteiger partial charge in [0.2, 0.25) is 0 Å². The second kappa shape index (κ2) is 5.28. The number of rotatable bonds is 5. The quantitative estimate of drug-likeness (QED) is 0.738. The number of nitrogens with zero attached hydrogens (tertiary/aromatic N) is 1. The van der Waals surface area contributed by atoms with Crippen LogP contribution in [0.2, 0.25) is 0 Å². The summed E-state index contributed by atoms with van der Waals surface area (Å²) in [6.07, 6.45) is 3.24. The summed E-state index contributed by atoms with van der Waals surface area (Å²) in [5.41, 5.74) is 0. The summed E-state index contributed by atoms with van der Waals surface area (Å²) in [4.78, 5) is 2.47. The van der Waals surface area contributed by atoms with Crippen LogP contribution >= 0.6 is 0 Å². The van der Waals surface area contributed by atoms with Gasteiger partial charge in [0.1, 0.15) is 0 Å². The Labute approximate surface area is 93.2 Å². The van der Waals surface area contributed by atoms with Crippen molar-refractivity contribution in [1.29, 1.82) is 0 Å². The maximum atomic E-state index is 5.76. The SMILES string of the molecule is CCN1CCOC(CNC(C)C2CC2)C1. The highest BCUT2D eigenvalue weighted by Crippen LogP contribution is 2.32. The largest absolute Gasteiger partial charge is 0.374 e. The topological polar surface area (TPSA) is 24.5 Å². The molecule has 3 heteroatoms. The van der Waals surface area contributed by atoms with Crippen LogP contribution in [0.5, 0.6) is 0 Å². The van der Waals surface area contributed by atoms with Gasteiger partial charge in [0.05, 0.1) is 12.7 Å². The lowest BCUT2D eigenvalue weighted by molar-refractivity contribution is -0.0263. The van der Waals surface area contributed by atoms with Crippen LogP contribution in [0.25, 0.3) is 0 Å². The van der Waals surface area contributed by atoms with Crippen LogP contribution in [0.4, 0.5) is 0 Å². The normalized spacial score (nSPS) is 30.4. The predicted molar refractivity (Wildman–Crippen MR) is 62.0 cm³/mol. The van der Waals surface area contributed by atoms with E-state index in [0.717, 1.165) is 38.7 Å². The van der Waals surface area contributed by atoms with E-state index in [1.807, 2.05) is 0 Å². The van der Waals surface area contributed by atoms with Gasteiger partial charge < -0.3 is 10.1 Å². The predicted octanol–water partition coefficient (Wildman–Crippen LogP) is 1.10. The number of hydrogen-bond donors (Lipinski definition) is 1. The minimum atomic E-state index is 0.403. The molecule has 1 saturated heterocycles. The summed E-state index contributed by atoms with van der Waals surface area (Å²) in [6.45, 7) is 9.80. The lowest BCUT2D eigenvalue weighted by Crippen LogP contribution is -2.47. The van der Waals surface area contributed by atoms with Crippen molar-refractivity contribution in [2.75, 3.05) is 32.8 Å². The van der Waals surface area contributed by atoms with Gasteiger partial charge >= 0.3 is 0 Å². The Hall–Kier alpha value is -0.120. The van der Waals surface area contributed by atoms with Gasteiger partial charge in [-0.3, -0.25) is 4.90 Å². The molecule has 0 spiro atoms. The maximum Gasteiger partial charge on any atom is 0.0826 e. The van der Waals surface area contributed by atoms with Gasteiger partial charge in [0.15, 0.2) is 0 Å². The molecule has 2 fully saturated rings. The van der Waals surface area contributed by atoms with Crippen LogP contribution in [-0.4, -0.2) is 49.8 Å². The van der Waals surface area contributed by atoms with Gasteiger partial charge in [-0.2, -0.15) is 0 Å². The molecule has 3 nitrogen and oxygen atoms in total. The van der Waals surface area contributed by atoms with E-state index in [0.29, 0.717) is 12.1 Å². The molecule has 1 aliphatic heterocycles. The third-order valence-corrected chi connectivity index (χ3v) is 3.67. The monoisotopic (exact) mass is 212 g/mol. The van der Waals surface area contributed by atoms with E-state index >= 15 is 0 Å². The molecule has 1 N–H and O–H groups in total. The van der Waals surface area contributed by atoms with Crippen LogP contribution < -0.4 is 5.32 Å². The summed E-state index contributed by atoms with van der Waals surface area (Å²) in [5, 5.41) is 3.61. The Morgan fingerprint density at radius 1 is 1.47 bits per heavy atom. The first-order valence-corrected chi connectivity index (χ1v) is 6.37. The fraction of sp³-hybridized carbons (Fsp3) is 1.00. The first kappa shape index (κ1) is 11.4. The molecular formula is C12H24N2O. The maximum absolute atomic E-state index is 5.76. The van der Waals surface area contributed by atoms with E-state index in [1.165, 1.54) is 12.8 Å². The van der Waals surface area contributed by atoms with Crippen molar-refractivity contribution in [1.82, 2.24) is 10.2 Å². The summed E-state index contributed by atoms with van der Waals surface area (Å²) in [6, 6.07) is 0.686. The zero-order chi connectivity index (χ0) is 10.7. The Kier molecular flexibility index (Phi) is 4.00. The van der Waals surface area contributed by atoms with Gasteiger partial charge in [-0.05, 0) is 32.2 Å². The average molecular weight is 212 g/mol. The minimum absolute atomic E-state index is 0.403. The molecule has 1 saturated carbocycles. The first-order chi connectivity index (χ1) is 7.29. The number of hydrogen-bond acceptors (Lipinski definition) is 3. The van der Waals surface area contributed by atoms with E-state index in [-0.39, 0.29) is 0 Å². The van der Waals surface area contributed by atoms with Crippen LogP contribution in [0.3, 0.4) is 0 Å². The van der Waals surface area contributed by atoms with E-state index in [4.69, 9.17) is 4.74 Å². The van der Waals surface area contributed by atoms with Gasteiger partial charge in [-0.25, -0.2) is 0 Å². The Balaban J connectivity index is 1.64. The highest BCUT2D eigenvalue weighted by molar-refractivity contribution is 4.84. The Morgan fingerprint density at radius 3 is 2.93 bits per heavy atom. The molecule has 88 valence electrons. The molecule has 0 aromatic carbocycles. The molecule has 0 radical (unpaired) electrons. The van der Waals surface area contributed by atoms with Crippen molar-refractivity contribution in [3.8, 4) is 0 Å². The molecule has 2 aliphatic rings. The Bertz CT molecular complexity index is 194. The summed E-state index contributed by atoms with van der Waals surface area (Å²) >= 11 is 0. The van der Waals surface area contributed by atoms with Crippen molar-refractivity contribution in [3.05, 3.63) is 0 Å². The number of nitrogens with one attached hydrogen (secondary N) is 1.